The predicted octanol–water partition coefficient (Wildman–Crippen LogP) is 2.71. The van der Waals surface area contributed by atoms with Crippen molar-refractivity contribution < 1.29 is 9.53 Å². The first-order valence-corrected chi connectivity index (χ1v) is 10.1. The molecule has 0 radical (unpaired) electrons. The third-order valence-corrected chi connectivity index (χ3v) is 6.03. The van der Waals surface area contributed by atoms with Crippen molar-refractivity contribution in [1.82, 2.24) is 10.2 Å². The molecule has 3 atom stereocenters. The third-order valence-electron chi connectivity index (χ3n) is 5.08. The molecule has 1 aromatic carbocycles. The summed E-state index contributed by atoms with van der Waals surface area (Å²) in [6.45, 7) is 5.71. The van der Waals surface area contributed by atoms with Crippen LogP contribution in [0.5, 0.6) is 0 Å². The maximum Gasteiger partial charge on any atom is 0.237 e. The van der Waals surface area contributed by atoms with Gasteiger partial charge in [-0.2, -0.15) is 11.8 Å². The lowest BCUT2D eigenvalue weighted by Crippen LogP contribution is -2.49. The standard InChI is InChI=1S/C19H28N2O2S/c1-15(21-8-11-24-12-9-21)19(22)20-18(13-16-7-10-23-14-16)17-5-3-2-4-6-17/h2-6,15-16,18H,7-14H2,1H3,(H,20,22)/t15-,16+,18+/m1/s1. The molecule has 1 N–H and O–H groups in total. The molecule has 2 heterocycles. The smallest absolute Gasteiger partial charge is 0.237 e. The monoisotopic (exact) mass is 348 g/mol. The summed E-state index contributed by atoms with van der Waals surface area (Å²) < 4.78 is 5.52. The van der Waals surface area contributed by atoms with Gasteiger partial charge in [0.15, 0.2) is 0 Å². The van der Waals surface area contributed by atoms with Crippen LogP contribution in [0.1, 0.15) is 31.4 Å². The number of rotatable bonds is 6. The van der Waals surface area contributed by atoms with E-state index in [-0.39, 0.29) is 18.0 Å². The van der Waals surface area contributed by atoms with Crippen LogP contribution in [0, 0.1) is 5.92 Å². The number of nitrogens with zero attached hydrogens (tertiary/aromatic N) is 1. The van der Waals surface area contributed by atoms with Gasteiger partial charge in [-0.05, 0) is 31.2 Å². The summed E-state index contributed by atoms with van der Waals surface area (Å²) in [5.74, 6) is 2.94. The number of nitrogens with one attached hydrogen (secondary N) is 1. The molecule has 5 heteroatoms. The van der Waals surface area contributed by atoms with Gasteiger partial charge in [-0.25, -0.2) is 0 Å². The maximum absolute atomic E-state index is 12.8. The Morgan fingerprint density at radius 3 is 2.75 bits per heavy atom. The summed E-state index contributed by atoms with van der Waals surface area (Å²) in [6.07, 6.45) is 2.05. The molecule has 132 valence electrons. The summed E-state index contributed by atoms with van der Waals surface area (Å²) in [4.78, 5) is 15.1. The largest absolute Gasteiger partial charge is 0.381 e. The second-order valence-corrected chi connectivity index (χ2v) is 7.99. The molecule has 2 aliphatic heterocycles. The van der Waals surface area contributed by atoms with Crippen LogP contribution in [0.4, 0.5) is 0 Å². The van der Waals surface area contributed by atoms with Gasteiger partial charge in [0.2, 0.25) is 5.91 Å². The van der Waals surface area contributed by atoms with Crippen LogP contribution < -0.4 is 5.32 Å². The number of carbonyl (C=O) groups excluding carboxylic acids is 1. The van der Waals surface area contributed by atoms with Gasteiger partial charge < -0.3 is 10.1 Å². The van der Waals surface area contributed by atoms with Crippen LogP contribution in [0.25, 0.3) is 0 Å². The maximum atomic E-state index is 12.8. The fourth-order valence-electron chi connectivity index (χ4n) is 3.49. The van der Waals surface area contributed by atoms with Gasteiger partial charge in [-0.1, -0.05) is 30.3 Å². The van der Waals surface area contributed by atoms with Crippen molar-refractivity contribution in [1.29, 1.82) is 0 Å². The van der Waals surface area contributed by atoms with Crippen LogP contribution in [0.3, 0.4) is 0 Å². The number of thioether (sulfide) groups is 1. The molecule has 2 aliphatic rings. The van der Waals surface area contributed by atoms with Gasteiger partial charge >= 0.3 is 0 Å². The Kier molecular flexibility index (Phi) is 6.58. The summed E-state index contributed by atoms with van der Waals surface area (Å²) >= 11 is 1.97. The molecular weight excluding hydrogens is 320 g/mol. The Balaban J connectivity index is 1.64. The molecule has 0 spiro atoms. The first kappa shape index (κ1) is 17.8. The normalized spacial score (nSPS) is 24.5. The quantitative estimate of drug-likeness (QED) is 0.858. The average Bonchev–Trinajstić information content (AvgIpc) is 3.15. The van der Waals surface area contributed by atoms with Crippen LogP contribution in [0.2, 0.25) is 0 Å². The fourth-order valence-corrected chi connectivity index (χ4v) is 4.42. The first-order chi connectivity index (χ1) is 11.7. The molecule has 1 aromatic rings. The Labute approximate surface area is 149 Å². The number of hydrogen-bond donors (Lipinski definition) is 1. The van der Waals surface area contributed by atoms with E-state index in [1.807, 2.05) is 36.9 Å². The SMILES string of the molecule is C[C@H](C(=O)N[C@@H](C[C@@H]1CCOC1)c1ccccc1)N1CCSCC1. The number of benzene rings is 1. The minimum atomic E-state index is -0.0584. The molecule has 0 aromatic heterocycles. The second-order valence-electron chi connectivity index (χ2n) is 6.76. The van der Waals surface area contributed by atoms with Gasteiger partial charge in [-0.3, -0.25) is 9.69 Å². The topological polar surface area (TPSA) is 41.6 Å². The van der Waals surface area contributed by atoms with E-state index in [0.717, 1.165) is 50.7 Å². The lowest BCUT2D eigenvalue weighted by molar-refractivity contribution is -0.126. The van der Waals surface area contributed by atoms with E-state index in [0.29, 0.717) is 5.92 Å². The van der Waals surface area contributed by atoms with E-state index in [9.17, 15) is 4.79 Å². The summed E-state index contributed by atoms with van der Waals surface area (Å²) in [7, 11) is 0. The van der Waals surface area contributed by atoms with Crippen molar-refractivity contribution in [2.45, 2.75) is 31.8 Å². The highest BCUT2D eigenvalue weighted by Crippen LogP contribution is 2.27. The molecule has 4 nitrogen and oxygen atoms in total. The molecule has 3 rings (SSSR count). The van der Waals surface area contributed by atoms with Gasteiger partial charge in [0.05, 0.1) is 12.1 Å². The van der Waals surface area contributed by atoms with Crippen LogP contribution in [-0.4, -0.2) is 54.7 Å². The van der Waals surface area contributed by atoms with E-state index >= 15 is 0 Å². The van der Waals surface area contributed by atoms with Crippen molar-refractivity contribution >= 4 is 17.7 Å². The van der Waals surface area contributed by atoms with Crippen molar-refractivity contribution in [3.8, 4) is 0 Å². The Morgan fingerprint density at radius 2 is 2.08 bits per heavy atom. The van der Waals surface area contributed by atoms with E-state index in [1.54, 1.807) is 0 Å². The zero-order valence-electron chi connectivity index (χ0n) is 14.4. The van der Waals surface area contributed by atoms with E-state index in [2.05, 4.69) is 22.3 Å². The summed E-state index contributed by atoms with van der Waals surface area (Å²) in [5, 5.41) is 3.31. The van der Waals surface area contributed by atoms with E-state index in [1.165, 1.54) is 5.56 Å². The zero-order chi connectivity index (χ0) is 16.8. The van der Waals surface area contributed by atoms with Gasteiger partial charge in [0, 0.05) is 37.8 Å². The second kappa shape index (κ2) is 8.88. The van der Waals surface area contributed by atoms with Gasteiger partial charge in [0.1, 0.15) is 0 Å². The molecule has 0 bridgehead atoms. The minimum Gasteiger partial charge on any atom is -0.381 e. The molecule has 2 fully saturated rings. The first-order valence-electron chi connectivity index (χ1n) is 8.99. The predicted molar refractivity (Wildman–Crippen MR) is 99.2 cm³/mol. The van der Waals surface area contributed by atoms with Crippen molar-refractivity contribution in [3.63, 3.8) is 0 Å². The third kappa shape index (κ3) is 4.74. The average molecular weight is 349 g/mol. The molecule has 0 saturated carbocycles. The van der Waals surface area contributed by atoms with Crippen molar-refractivity contribution in [3.05, 3.63) is 35.9 Å². The number of amides is 1. The molecule has 24 heavy (non-hydrogen) atoms. The zero-order valence-corrected chi connectivity index (χ0v) is 15.3. The fraction of sp³-hybridized carbons (Fsp3) is 0.632. The molecule has 0 aliphatic carbocycles. The van der Waals surface area contributed by atoms with Gasteiger partial charge in [-0.15, -0.1) is 0 Å². The van der Waals surface area contributed by atoms with Crippen molar-refractivity contribution in [2.24, 2.45) is 5.92 Å². The molecular formula is C19H28N2O2S. The van der Waals surface area contributed by atoms with E-state index < -0.39 is 0 Å². The number of ether oxygens (including phenoxy) is 1. The summed E-state index contributed by atoms with van der Waals surface area (Å²) in [6, 6.07) is 10.4. The molecule has 1 amide bonds. The van der Waals surface area contributed by atoms with E-state index in [4.69, 9.17) is 4.74 Å². The van der Waals surface area contributed by atoms with Crippen LogP contribution in [-0.2, 0) is 9.53 Å². The lowest BCUT2D eigenvalue weighted by Gasteiger charge is -2.32. The Morgan fingerprint density at radius 1 is 1.33 bits per heavy atom. The highest BCUT2D eigenvalue weighted by Gasteiger charge is 2.27. The molecule has 0 unspecified atom stereocenters. The van der Waals surface area contributed by atoms with Crippen LogP contribution >= 0.6 is 11.8 Å². The molecule has 2 saturated heterocycles. The Bertz CT molecular complexity index is 513. The highest BCUT2D eigenvalue weighted by molar-refractivity contribution is 7.99. The number of hydrogen-bond acceptors (Lipinski definition) is 4. The summed E-state index contributed by atoms with van der Waals surface area (Å²) in [5.41, 5.74) is 1.19. The van der Waals surface area contributed by atoms with Crippen molar-refractivity contribution in [2.75, 3.05) is 37.8 Å². The minimum absolute atomic E-state index is 0.0584. The Hall–Kier alpha value is -1.04. The lowest BCUT2D eigenvalue weighted by atomic mass is 9.94. The van der Waals surface area contributed by atoms with Gasteiger partial charge in [0.25, 0.3) is 0 Å². The number of carbonyl (C=O) groups is 1. The highest BCUT2D eigenvalue weighted by atomic mass is 32.2. The van der Waals surface area contributed by atoms with Crippen LogP contribution in [0.15, 0.2) is 30.3 Å².